The van der Waals surface area contributed by atoms with E-state index in [1.807, 2.05) is 60.3 Å². The minimum Gasteiger partial charge on any atom is -0.444 e. The molecule has 0 radical (unpaired) electrons. The Morgan fingerprint density at radius 2 is 1.61 bits per heavy atom. The summed E-state index contributed by atoms with van der Waals surface area (Å²) in [5.41, 5.74) is -1.03. The van der Waals surface area contributed by atoms with Crippen LogP contribution >= 0.6 is 0 Å². The summed E-state index contributed by atoms with van der Waals surface area (Å²) in [7, 11) is 0. The Labute approximate surface area is 188 Å². The number of carbonyl (C=O) groups excluding carboxylic acids is 3. The predicted octanol–water partition coefficient (Wildman–Crippen LogP) is 3.91. The third-order valence-electron chi connectivity index (χ3n) is 5.98. The summed E-state index contributed by atoms with van der Waals surface area (Å²) in [6, 6.07) is -0.326. The molecular formula is C24H43N3O4. The van der Waals surface area contributed by atoms with Crippen LogP contribution in [-0.2, 0) is 14.3 Å². The molecule has 0 aromatic heterocycles. The van der Waals surface area contributed by atoms with Gasteiger partial charge in [0.15, 0.2) is 0 Å². The van der Waals surface area contributed by atoms with Gasteiger partial charge in [0.2, 0.25) is 11.8 Å². The van der Waals surface area contributed by atoms with Crippen LogP contribution in [0.3, 0.4) is 0 Å². The number of amides is 3. The average molecular weight is 438 g/mol. The van der Waals surface area contributed by atoms with Crippen LogP contribution in [-0.4, -0.2) is 76.5 Å². The van der Waals surface area contributed by atoms with Gasteiger partial charge in [-0.1, -0.05) is 20.8 Å². The first-order valence-electron chi connectivity index (χ1n) is 11.8. The number of piperidine rings is 1. The van der Waals surface area contributed by atoms with Crippen LogP contribution in [0.4, 0.5) is 4.79 Å². The summed E-state index contributed by atoms with van der Waals surface area (Å²) in [6.45, 7) is 17.9. The Balaban J connectivity index is 2.04. The van der Waals surface area contributed by atoms with E-state index in [2.05, 4.69) is 0 Å². The SMILES string of the molecule is CC(C)N(CC1CCCN(C(=O)C2CCCN2C(=O)C(C)(C)C)C1)C(=O)OC(C)(C)C. The minimum atomic E-state index is -0.537. The third-order valence-corrected chi connectivity index (χ3v) is 5.98. The average Bonchev–Trinajstić information content (AvgIpc) is 3.12. The van der Waals surface area contributed by atoms with Gasteiger partial charge in [0, 0.05) is 37.6 Å². The van der Waals surface area contributed by atoms with Gasteiger partial charge in [-0.15, -0.1) is 0 Å². The van der Waals surface area contributed by atoms with Crippen molar-refractivity contribution in [3.8, 4) is 0 Å². The van der Waals surface area contributed by atoms with Crippen molar-refractivity contribution in [1.29, 1.82) is 0 Å². The lowest BCUT2D eigenvalue weighted by Crippen LogP contribution is -2.54. The van der Waals surface area contributed by atoms with Crippen LogP contribution in [0.1, 0.15) is 81.1 Å². The number of hydrogen-bond acceptors (Lipinski definition) is 4. The van der Waals surface area contributed by atoms with E-state index in [0.717, 1.165) is 32.2 Å². The first-order chi connectivity index (χ1) is 14.2. The van der Waals surface area contributed by atoms with E-state index < -0.39 is 11.0 Å². The Morgan fingerprint density at radius 3 is 2.16 bits per heavy atom. The summed E-state index contributed by atoms with van der Waals surface area (Å²) in [4.78, 5) is 44.4. The molecule has 0 spiro atoms. The van der Waals surface area contributed by atoms with Crippen molar-refractivity contribution in [2.24, 2.45) is 11.3 Å². The first kappa shape index (κ1) is 25.5. The fraction of sp³-hybridized carbons (Fsp3) is 0.875. The zero-order valence-corrected chi connectivity index (χ0v) is 20.9. The summed E-state index contributed by atoms with van der Waals surface area (Å²) in [6.07, 6.45) is 3.19. The van der Waals surface area contributed by atoms with E-state index in [0.29, 0.717) is 19.6 Å². The molecule has 2 rings (SSSR count). The van der Waals surface area contributed by atoms with Crippen molar-refractivity contribution in [3.63, 3.8) is 0 Å². The van der Waals surface area contributed by atoms with Gasteiger partial charge in [0.25, 0.3) is 0 Å². The number of rotatable bonds is 4. The molecule has 0 aliphatic carbocycles. The maximum absolute atomic E-state index is 13.4. The third kappa shape index (κ3) is 6.84. The summed E-state index contributed by atoms with van der Waals surface area (Å²) in [5, 5.41) is 0. The number of hydrogen-bond donors (Lipinski definition) is 0. The van der Waals surface area contributed by atoms with E-state index in [1.165, 1.54) is 0 Å². The second-order valence-electron chi connectivity index (χ2n) is 11.4. The van der Waals surface area contributed by atoms with E-state index in [-0.39, 0.29) is 35.9 Å². The lowest BCUT2D eigenvalue weighted by Gasteiger charge is -2.39. The zero-order valence-electron chi connectivity index (χ0n) is 20.9. The van der Waals surface area contributed by atoms with Crippen LogP contribution in [0.5, 0.6) is 0 Å². The number of carbonyl (C=O) groups is 3. The molecule has 2 heterocycles. The smallest absolute Gasteiger partial charge is 0.410 e. The molecule has 0 saturated carbocycles. The Kier molecular flexibility index (Phi) is 8.04. The molecule has 0 N–H and O–H groups in total. The van der Waals surface area contributed by atoms with Gasteiger partial charge in [0.1, 0.15) is 11.6 Å². The number of likely N-dealkylation sites (tertiary alicyclic amines) is 2. The Morgan fingerprint density at radius 1 is 1.00 bits per heavy atom. The molecule has 7 heteroatoms. The second-order valence-corrected chi connectivity index (χ2v) is 11.4. The molecule has 0 bridgehead atoms. The van der Waals surface area contributed by atoms with E-state index >= 15 is 0 Å². The van der Waals surface area contributed by atoms with Gasteiger partial charge in [-0.3, -0.25) is 9.59 Å². The normalized spacial score (nSPS) is 22.6. The molecule has 3 amide bonds. The fourth-order valence-corrected chi connectivity index (χ4v) is 4.42. The number of nitrogens with zero attached hydrogens (tertiary/aromatic N) is 3. The molecule has 0 aromatic rings. The molecule has 178 valence electrons. The summed E-state index contributed by atoms with van der Waals surface area (Å²) in [5.74, 6) is 0.321. The largest absolute Gasteiger partial charge is 0.444 e. The van der Waals surface area contributed by atoms with Crippen LogP contribution < -0.4 is 0 Å². The molecule has 2 fully saturated rings. The van der Waals surface area contributed by atoms with E-state index in [4.69, 9.17) is 4.74 Å². The molecule has 2 atom stereocenters. The van der Waals surface area contributed by atoms with Gasteiger partial charge in [-0.25, -0.2) is 4.79 Å². The maximum Gasteiger partial charge on any atom is 0.410 e. The lowest BCUT2D eigenvalue weighted by molar-refractivity contribution is -0.149. The fourth-order valence-electron chi connectivity index (χ4n) is 4.42. The van der Waals surface area contributed by atoms with Gasteiger partial charge >= 0.3 is 6.09 Å². The van der Waals surface area contributed by atoms with Crippen LogP contribution in [0.25, 0.3) is 0 Å². The molecular weight excluding hydrogens is 394 g/mol. The Bertz CT molecular complexity index is 663. The molecule has 31 heavy (non-hydrogen) atoms. The van der Waals surface area contributed by atoms with Gasteiger partial charge in [-0.05, 0) is 66.2 Å². The van der Waals surface area contributed by atoms with E-state index in [1.54, 1.807) is 9.80 Å². The van der Waals surface area contributed by atoms with Gasteiger partial charge < -0.3 is 19.4 Å². The highest BCUT2D eigenvalue weighted by atomic mass is 16.6. The standard InChI is InChI=1S/C24H43N3O4/c1-17(2)27(22(30)31-24(6,7)8)16-18-11-9-13-25(15-18)20(28)19-12-10-14-26(19)21(29)23(3,4)5/h17-19H,9-16H2,1-8H3. The lowest BCUT2D eigenvalue weighted by atomic mass is 9.93. The number of ether oxygens (including phenoxy) is 1. The predicted molar refractivity (Wildman–Crippen MR) is 122 cm³/mol. The molecule has 7 nitrogen and oxygen atoms in total. The Hall–Kier alpha value is -1.79. The highest BCUT2D eigenvalue weighted by Crippen LogP contribution is 2.28. The van der Waals surface area contributed by atoms with Crippen LogP contribution in [0, 0.1) is 11.3 Å². The van der Waals surface area contributed by atoms with Crippen molar-refractivity contribution in [1.82, 2.24) is 14.7 Å². The summed E-state index contributed by atoms with van der Waals surface area (Å²) >= 11 is 0. The van der Waals surface area contributed by atoms with Crippen molar-refractivity contribution >= 4 is 17.9 Å². The molecule has 0 aromatic carbocycles. The molecule has 2 unspecified atom stereocenters. The van der Waals surface area contributed by atoms with Crippen molar-refractivity contribution in [2.45, 2.75) is 98.8 Å². The minimum absolute atomic E-state index is 0.0238. The molecule has 2 aliphatic rings. The van der Waals surface area contributed by atoms with Crippen molar-refractivity contribution in [3.05, 3.63) is 0 Å². The highest BCUT2D eigenvalue weighted by molar-refractivity contribution is 5.90. The first-order valence-corrected chi connectivity index (χ1v) is 11.8. The maximum atomic E-state index is 13.4. The monoisotopic (exact) mass is 437 g/mol. The second kappa shape index (κ2) is 9.78. The molecule has 2 aliphatic heterocycles. The van der Waals surface area contributed by atoms with Crippen molar-refractivity contribution < 1.29 is 19.1 Å². The topological polar surface area (TPSA) is 70.2 Å². The van der Waals surface area contributed by atoms with Crippen LogP contribution in [0.2, 0.25) is 0 Å². The van der Waals surface area contributed by atoms with Gasteiger partial charge in [-0.2, -0.15) is 0 Å². The van der Waals surface area contributed by atoms with Crippen molar-refractivity contribution in [2.75, 3.05) is 26.2 Å². The molecule has 2 saturated heterocycles. The quantitative estimate of drug-likeness (QED) is 0.669. The zero-order chi connectivity index (χ0) is 23.6. The van der Waals surface area contributed by atoms with Gasteiger partial charge in [0.05, 0.1) is 0 Å². The van der Waals surface area contributed by atoms with E-state index in [9.17, 15) is 14.4 Å². The van der Waals surface area contributed by atoms with Crippen LogP contribution in [0.15, 0.2) is 0 Å². The highest BCUT2D eigenvalue weighted by Gasteiger charge is 2.41. The summed E-state index contributed by atoms with van der Waals surface area (Å²) < 4.78 is 5.59.